The van der Waals surface area contributed by atoms with Gasteiger partial charge < -0.3 is 10.2 Å². The van der Waals surface area contributed by atoms with Gasteiger partial charge in [0, 0.05) is 35.0 Å². The van der Waals surface area contributed by atoms with Gasteiger partial charge in [-0.15, -0.1) is 10.2 Å². The molecule has 1 unspecified atom stereocenters. The van der Waals surface area contributed by atoms with Gasteiger partial charge in [0.1, 0.15) is 5.01 Å². The zero-order valence-corrected chi connectivity index (χ0v) is 15.8. The Kier molecular flexibility index (Phi) is 4.79. The number of anilines is 2. The van der Waals surface area contributed by atoms with Crippen LogP contribution in [0.3, 0.4) is 0 Å². The summed E-state index contributed by atoms with van der Waals surface area (Å²) in [5.41, 5.74) is 0.322. The van der Waals surface area contributed by atoms with E-state index < -0.39 is 5.41 Å². The van der Waals surface area contributed by atoms with Gasteiger partial charge in [-0.2, -0.15) is 0 Å². The average Bonchev–Trinajstić information content (AvgIpc) is 3.14. The third-order valence-electron chi connectivity index (χ3n) is 3.95. The van der Waals surface area contributed by atoms with Crippen molar-refractivity contribution in [1.82, 2.24) is 10.2 Å². The number of halogens is 1. The Balaban J connectivity index is 1.70. The van der Waals surface area contributed by atoms with E-state index in [0.717, 1.165) is 10.7 Å². The molecule has 1 atom stereocenters. The van der Waals surface area contributed by atoms with E-state index in [1.54, 1.807) is 17.0 Å². The first-order valence-electron chi connectivity index (χ1n) is 7.95. The zero-order valence-electron chi connectivity index (χ0n) is 14.2. The van der Waals surface area contributed by atoms with Crippen molar-refractivity contribution in [2.24, 2.45) is 5.41 Å². The van der Waals surface area contributed by atoms with Crippen LogP contribution in [0.2, 0.25) is 5.02 Å². The van der Waals surface area contributed by atoms with Gasteiger partial charge in [0.05, 0.1) is 0 Å². The lowest BCUT2D eigenvalue weighted by Gasteiger charge is -2.16. The second-order valence-electron chi connectivity index (χ2n) is 7.03. The molecule has 6 nitrogen and oxygen atoms in total. The lowest BCUT2D eigenvalue weighted by atomic mass is 9.96. The van der Waals surface area contributed by atoms with Gasteiger partial charge in [-0.1, -0.05) is 43.7 Å². The fourth-order valence-corrected chi connectivity index (χ4v) is 3.43. The number of carbonyl (C=O) groups is 2. The maximum Gasteiger partial charge on any atom is 0.231 e. The van der Waals surface area contributed by atoms with Crippen molar-refractivity contribution in [3.8, 4) is 0 Å². The quantitative estimate of drug-likeness (QED) is 0.883. The Morgan fingerprint density at radius 1 is 1.28 bits per heavy atom. The minimum atomic E-state index is -0.499. The summed E-state index contributed by atoms with van der Waals surface area (Å²) in [4.78, 5) is 26.1. The molecule has 2 aromatic rings. The van der Waals surface area contributed by atoms with Crippen LogP contribution in [0, 0.1) is 5.41 Å². The largest absolute Gasteiger partial charge is 0.312 e. The van der Waals surface area contributed by atoms with Crippen molar-refractivity contribution >= 4 is 45.6 Å². The van der Waals surface area contributed by atoms with Crippen LogP contribution in [0.25, 0.3) is 0 Å². The minimum Gasteiger partial charge on any atom is -0.312 e. The molecule has 25 heavy (non-hydrogen) atoms. The van der Waals surface area contributed by atoms with Crippen molar-refractivity contribution in [2.45, 2.75) is 33.1 Å². The summed E-state index contributed by atoms with van der Waals surface area (Å²) in [5, 5.41) is 12.8. The molecule has 0 bridgehead atoms. The van der Waals surface area contributed by atoms with E-state index in [9.17, 15) is 9.59 Å². The topological polar surface area (TPSA) is 75.2 Å². The van der Waals surface area contributed by atoms with Gasteiger partial charge in [0.25, 0.3) is 0 Å². The highest BCUT2D eigenvalue weighted by molar-refractivity contribution is 7.15. The molecule has 8 heteroatoms. The molecule has 0 saturated carbocycles. The number of rotatable bonds is 3. The van der Waals surface area contributed by atoms with E-state index in [4.69, 9.17) is 11.6 Å². The first-order chi connectivity index (χ1) is 11.7. The average molecular weight is 379 g/mol. The molecule has 1 saturated heterocycles. The smallest absolute Gasteiger partial charge is 0.231 e. The molecule has 0 radical (unpaired) electrons. The molecule has 1 aliphatic heterocycles. The normalized spacial score (nSPS) is 17.8. The fraction of sp³-hybridized carbons (Fsp3) is 0.412. The second kappa shape index (κ2) is 6.72. The summed E-state index contributed by atoms with van der Waals surface area (Å²) in [5.74, 6) is -0.0933. The van der Waals surface area contributed by atoms with Gasteiger partial charge in [-0.25, -0.2) is 0 Å². The van der Waals surface area contributed by atoms with Crippen LogP contribution in [-0.4, -0.2) is 28.6 Å². The molecule has 2 heterocycles. The Labute approximate surface area is 155 Å². The maximum atomic E-state index is 12.3. The summed E-state index contributed by atoms with van der Waals surface area (Å²) in [7, 11) is 0. The SMILES string of the molecule is CC(C)(C)C(=O)Nc1nnc(C2CC(=O)N(c3ccc(Cl)cc3)C2)s1. The Morgan fingerprint density at radius 2 is 1.96 bits per heavy atom. The van der Waals surface area contributed by atoms with Crippen LogP contribution in [0.4, 0.5) is 10.8 Å². The van der Waals surface area contributed by atoms with Gasteiger partial charge in [0.15, 0.2) is 0 Å². The van der Waals surface area contributed by atoms with Crippen LogP contribution in [0.5, 0.6) is 0 Å². The number of carbonyl (C=O) groups excluding carboxylic acids is 2. The van der Waals surface area contributed by atoms with Crippen molar-refractivity contribution in [3.05, 3.63) is 34.3 Å². The van der Waals surface area contributed by atoms with E-state index in [1.165, 1.54) is 11.3 Å². The molecule has 1 N–H and O–H groups in total. The first-order valence-corrected chi connectivity index (χ1v) is 9.14. The van der Waals surface area contributed by atoms with Crippen LogP contribution in [0.1, 0.15) is 38.1 Å². The number of hydrogen-bond donors (Lipinski definition) is 1. The number of nitrogens with zero attached hydrogens (tertiary/aromatic N) is 3. The summed E-state index contributed by atoms with van der Waals surface area (Å²) < 4.78 is 0. The van der Waals surface area contributed by atoms with Crippen molar-refractivity contribution in [2.75, 3.05) is 16.8 Å². The Hall–Kier alpha value is -1.99. The van der Waals surface area contributed by atoms with E-state index in [2.05, 4.69) is 15.5 Å². The first kappa shape index (κ1) is 17.8. The molecule has 3 rings (SSSR count). The van der Waals surface area contributed by atoms with Crippen LogP contribution >= 0.6 is 22.9 Å². The van der Waals surface area contributed by atoms with E-state index >= 15 is 0 Å². The number of aromatic nitrogens is 2. The van der Waals surface area contributed by atoms with Crippen LogP contribution in [-0.2, 0) is 9.59 Å². The van der Waals surface area contributed by atoms with Crippen LogP contribution < -0.4 is 10.2 Å². The number of nitrogens with one attached hydrogen (secondary N) is 1. The van der Waals surface area contributed by atoms with Crippen molar-refractivity contribution < 1.29 is 9.59 Å². The Bertz CT molecular complexity index is 798. The molecule has 0 aliphatic carbocycles. The highest BCUT2D eigenvalue weighted by Crippen LogP contribution is 2.34. The number of hydrogen-bond acceptors (Lipinski definition) is 5. The van der Waals surface area contributed by atoms with Gasteiger partial charge >= 0.3 is 0 Å². The molecule has 1 fully saturated rings. The molecular weight excluding hydrogens is 360 g/mol. The summed E-state index contributed by atoms with van der Waals surface area (Å²) in [6.45, 7) is 6.06. The highest BCUT2D eigenvalue weighted by Gasteiger charge is 2.34. The van der Waals surface area contributed by atoms with Crippen molar-refractivity contribution in [1.29, 1.82) is 0 Å². The highest BCUT2D eigenvalue weighted by atomic mass is 35.5. The van der Waals surface area contributed by atoms with E-state index in [1.807, 2.05) is 32.9 Å². The van der Waals surface area contributed by atoms with E-state index in [-0.39, 0.29) is 17.7 Å². The molecule has 132 valence electrons. The van der Waals surface area contributed by atoms with Crippen molar-refractivity contribution in [3.63, 3.8) is 0 Å². The summed E-state index contributed by atoms with van der Waals surface area (Å²) in [6.07, 6.45) is 0.379. The van der Waals surface area contributed by atoms with E-state index in [0.29, 0.717) is 23.1 Å². The second-order valence-corrected chi connectivity index (χ2v) is 8.48. The Morgan fingerprint density at radius 3 is 2.60 bits per heavy atom. The van der Waals surface area contributed by atoms with Gasteiger partial charge in [-0.05, 0) is 24.3 Å². The third-order valence-corrected chi connectivity index (χ3v) is 5.21. The lowest BCUT2D eigenvalue weighted by molar-refractivity contribution is -0.123. The van der Waals surface area contributed by atoms with Gasteiger partial charge in [-0.3, -0.25) is 9.59 Å². The predicted molar refractivity (Wildman–Crippen MR) is 99.2 cm³/mol. The molecule has 2 amide bonds. The third kappa shape index (κ3) is 3.99. The number of amides is 2. The molecule has 1 aliphatic rings. The number of benzene rings is 1. The standard InChI is InChI=1S/C17H19ClN4O2S/c1-17(2,3)15(24)19-16-21-20-14(25-16)10-8-13(23)22(9-10)12-6-4-11(18)5-7-12/h4-7,10H,8-9H2,1-3H3,(H,19,21,24). The zero-order chi connectivity index (χ0) is 18.2. The molecule has 1 aromatic heterocycles. The predicted octanol–water partition coefficient (Wildman–Crippen LogP) is 3.70. The fourth-order valence-electron chi connectivity index (χ4n) is 2.48. The summed E-state index contributed by atoms with van der Waals surface area (Å²) in [6, 6.07) is 7.19. The monoisotopic (exact) mass is 378 g/mol. The maximum absolute atomic E-state index is 12.3. The van der Waals surface area contributed by atoms with Gasteiger partial charge in [0.2, 0.25) is 16.9 Å². The molecular formula is C17H19ClN4O2S. The summed E-state index contributed by atoms with van der Waals surface area (Å²) >= 11 is 7.22. The van der Waals surface area contributed by atoms with Crippen LogP contribution in [0.15, 0.2) is 24.3 Å². The molecule has 1 aromatic carbocycles. The lowest BCUT2D eigenvalue weighted by Crippen LogP contribution is -2.27. The minimum absolute atomic E-state index is 0.0269. The molecule has 0 spiro atoms.